The first kappa shape index (κ1) is 21.6. The summed E-state index contributed by atoms with van der Waals surface area (Å²) in [4.78, 5) is 20.9. The molecule has 168 valence electrons. The second-order valence-corrected chi connectivity index (χ2v) is 8.76. The zero-order chi connectivity index (χ0) is 22.9. The SMILES string of the molecule is COc1ccc(-n2nnc3cnc([N+](=N)C4CCC(NC(=O)OC(C)(C)C)C4)nc32)cc1. The van der Waals surface area contributed by atoms with Crippen LogP contribution in [-0.2, 0) is 4.74 Å². The third-order valence-corrected chi connectivity index (χ3v) is 5.20. The molecule has 2 heterocycles. The lowest BCUT2D eigenvalue weighted by molar-refractivity contribution is -0.579. The number of nitrogens with zero attached hydrogens (tertiary/aromatic N) is 6. The van der Waals surface area contributed by atoms with E-state index in [1.165, 1.54) is 4.70 Å². The van der Waals surface area contributed by atoms with Gasteiger partial charge in [-0.05, 0) is 62.9 Å². The molecule has 0 bridgehead atoms. The van der Waals surface area contributed by atoms with Crippen LogP contribution in [0.1, 0.15) is 40.0 Å². The minimum absolute atomic E-state index is 0.0575. The average molecular weight is 440 g/mol. The number of alkyl carbamates (subject to hydrolysis) is 1. The summed E-state index contributed by atoms with van der Waals surface area (Å²) in [6.45, 7) is 5.48. The topological polar surface area (TPSA) is 131 Å². The maximum atomic E-state index is 12.0. The fraction of sp³-hybridized carbons (Fsp3) is 0.476. The van der Waals surface area contributed by atoms with Crippen LogP contribution in [0.15, 0.2) is 30.5 Å². The number of aromatic nitrogens is 5. The lowest BCUT2D eigenvalue weighted by Crippen LogP contribution is -2.38. The molecule has 1 amide bonds. The van der Waals surface area contributed by atoms with Gasteiger partial charge in [0.1, 0.15) is 23.6 Å². The van der Waals surface area contributed by atoms with Gasteiger partial charge in [0, 0.05) is 12.5 Å². The highest BCUT2D eigenvalue weighted by molar-refractivity contribution is 5.71. The van der Waals surface area contributed by atoms with E-state index in [9.17, 15) is 4.79 Å². The van der Waals surface area contributed by atoms with Crippen molar-refractivity contribution in [3.63, 3.8) is 0 Å². The molecular formula is C21H27N8O3+. The highest BCUT2D eigenvalue weighted by Gasteiger charge is 2.34. The molecule has 0 saturated heterocycles. The van der Waals surface area contributed by atoms with Crippen LogP contribution in [0.2, 0.25) is 0 Å². The van der Waals surface area contributed by atoms with Gasteiger partial charge in [-0.1, -0.05) is 10.2 Å². The fourth-order valence-electron chi connectivity index (χ4n) is 3.69. The number of ether oxygens (including phenoxy) is 2. The number of amides is 1. The molecule has 1 saturated carbocycles. The third-order valence-electron chi connectivity index (χ3n) is 5.20. The predicted molar refractivity (Wildman–Crippen MR) is 114 cm³/mol. The van der Waals surface area contributed by atoms with Gasteiger partial charge in [0.2, 0.25) is 0 Å². The average Bonchev–Trinajstić information content (AvgIpc) is 3.38. The Morgan fingerprint density at radius 2 is 2.00 bits per heavy atom. The molecule has 1 aliphatic carbocycles. The molecule has 11 nitrogen and oxygen atoms in total. The van der Waals surface area contributed by atoms with E-state index < -0.39 is 11.7 Å². The number of hydrogen-bond acceptors (Lipinski definition) is 8. The molecule has 1 aromatic carbocycles. The van der Waals surface area contributed by atoms with Crippen LogP contribution in [0.5, 0.6) is 5.75 Å². The van der Waals surface area contributed by atoms with Crippen LogP contribution in [0, 0.1) is 5.53 Å². The lowest BCUT2D eigenvalue weighted by Gasteiger charge is -2.21. The lowest BCUT2D eigenvalue weighted by atomic mass is 10.2. The first-order chi connectivity index (χ1) is 15.2. The van der Waals surface area contributed by atoms with E-state index in [-0.39, 0.29) is 18.0 Å². The zero-order valence-corrected chi connectivity index (χ0v) is 18.6. The molecule has 2 aromatic heterocycles. The summed E-state index contributed by atoms with van der Waals surface area (Å²) in [7, 11) is 1.61. The highest BCUT2D eigenvalue weighted by atomic mass is 16.6. The summed E-state index contributed by atoms with van der Waals surface area (Å²) in [5, 5.41) is 11.2. The summed E-state index contributed by atoms with van der Waals surface area (Å²) >= 11 is 0. The van der Waals surface area contributed by atoms with Crippen LogP contribution in [0.25, 0.3) is 16.9 Å². The summed E-state index contributed by atoms with van der Waals surface area (Å²) < 4.78 is 13.4. The molecule has 2 atom stereocenters. The fourth-order valence-corrected chi connectivity index (χ4v) is 3.69. The number of nitrogens with one attached hydrogen (secondary N) is 2. The second kappa shape index (κ2) is 8.48. The minimum Gasteiger partial charge on any atom is -0.497 e. The van der Waals surface area contributed by atoms with E-state index in [0.717, 1.165) is 24.3 Å². The van der Waals surface area contributed by atoms with Crippen LogP contribution in [0.3, 0.4) is 0 Å². The summed E-state index contributed by atoms with van der Waals surface area (Å²) in [6, 6.07) is 7.19. The van der Waals surface area contributed by atoms with E-state index >= 15 is 0 Å². The number of carbonyl (C=O) groups is 1. The van der Waals surface area contributed by atoms with Gasteiger partial charge in [0.05, 0.1) is 12.8 Å². The Morgan fingerprint density at radius 1 is 1.25 bits per heavy atom. The second-order valence-electron chi connectivity index (χ2n) is 8.76. The third kappa shape index (κ3) is 4.66. The van der Waals surface area contributed by atoms with Crippen molar-refractivity contribution >= 4 is 23.2 Å². The minimum atomic E-state index is -0.548. The zero-order valence-electron chi connectivity index (χ0n) is 18.6. The normalized spacial score (nSPS) is 18.5. The van der Waals surface area contributed by atoms with Crippen molar-refractivity contribution in [3.05, 3.63) is 30.5 Å². The van der Waals surface area contributed by atoms with Gasteiger partial charge in [0.25, 0.3) is 5.65 Å². The monoisotopic (exact) mass is 439 g/mol. The molecule has 0 radical (unpaired) electrons. The molecule has 1 fully saturated rings. The van der Waals surface area contributed by atoms with E-state index in [4.69, 9.17) is 15.0 Å². The molecule has 32 heavy (non-hydrogen) atoms. The molecule has 2 N–H and O–H groups in total. The molecule has 0 spiro atoms. The van der Waals surface area contributed by atoms with Gasteiger partial charge in [-0.15, -0.1) is 9.80 Å². The van der Waals surface area contributed by atoms with Crippen molar-refractivity contribution in [1.82, 2.24) is 30.3 Å². The van der Waals surface area contributed by atoms with E-state index in [1.54, 1.807) is 18.0 Å². The van der Waals surface area contributed by atoms with E-state index in [1.807, 2.05) is 45.0 Å². The van der Waals surface area contributed by atoms with Crippen LogP contribution in [0.4, 0.5) is 10.7 Å². The Hall–Kier alpha value is -3.63. The molecule has 11 heteroatoms. The molecule has 4 rings (SSSR count). The number of fused-ring (bicyclic) bond motifs is 1. The van der Waals surface area contributed by atoms with Crippen molar-refractivity contribution < 1.29 is 19.0 Å². The van der Waals surface area contributed by atoms with Crippen LogP contribution < -0.4 is 10.1 Å². The predicted octanol–water partition coefficient (Wildman–Crippen LogP) is 3.34. The van der Waals surface area contributed by atoms with Gasteiger partial charge >= 0.3 is 12.0 Å². The first-order valence-corrected chi connectivity index (χ1v) is 10.5. The number of rotatable bonds is 5. The summed E-state index contributed by atoms with van der Waals surface area (Å²) in [5.41, 5.74) is 9.86. The summed E-state index contributed by atoms with van der Waals surface area (Å²) in [5.74, 6) is 0.999. The smallest absolute Gasteiger partial charge is 0.454 e. The van der Waals surface area contributed by atoms with Crippen LogP contribution >= 0.6 is 0 Å². The number of benzene rings is 1. The number of hydrogen-bond donors (Lipinski definition) is 2. The molecule has 0 aliphatic heterocycles. The Balaban J connectivity index is 1.49. The Kier molecular flexibility index (Phi) is 5.72. The number of carbonyl (C=O) groups excluding carboxylic acids is 1. The summed E-state index contributed by atoms with van der Waals surface area (Å²) in [6.07, 6.45) is 3.23. The van der Waals surface area contributed by atoms with E-state index in [2.05, 4.69) is 25.6 Å². The van der Waals surface area contributed by atoms with E-state index in [0.29, 0.717) is 17.6 Å². The molecule has 2 unspecified atom stereocenters. The van der Waals surface area contributed by atoms with Gasteiger partial charge in [-0.25, -0.2) is 4.79 Å². The van der Waals surface area contributed by atoms with Crippen LogP contribution in [-0.4, -0.2) is 60.5 Å². The van der Waals surface area contributed by atoms with Crippen molar-refractivity contribution in [2.75, 3.05) is 7.11 Å². The van der Waals surface area contributed by atoms with Gasteiger partial charge in [-0.3, -0.25) is 0 Å². The van der Waals surface area contributed by atoms with Crippen molar-refractivity contribution in [3.8, 4) is 11.4 Å². The highest BCUT2D eigenvalue weighted by Crippen LogP contribution is 2.26. The Bertz CT molecular complexity index is 1140. The maximum absolute atomic E-state index is 12.0. The maximum Gasteiger partial charge on any atom is 0.454 e. The number of methoxy groups -OCH3 is 1. The Labute approximate surface area is 185 Å². The largest absolute Gasteiger partial charge is 0.497 e. The Morgan fingerprint density at radius 3 is 2.69 bits per heavy atom. The van der Waals surface area contributed by atoms with Crippen molar-refractivity contribution in [2.45, 2.75) is 57.7 Å². The molecule has 1 aliphatic rings. The quantitative estimate of drug-likeness (QED) is 0.460. The molecule has 3 aromatic rings. The standard InChI is InChI=1S/C21H26N8O3/c1-21(2,3)32-20(30)24-13-5-6-15(11-13)28(22)19-23-12-17-18(25-19)29(27-26-17)14-7-9-16(31-4)10-8-14/h7-10,12-13,15,22H,5-6,11H2,1-4H3/p+1. The molecular weight excluding hydrogens is 412 g/mol. The van der Waals surface area contributed by atoms with Crippen molar-refractivity contribution in [1.29, 1.82) is 5.53 Å². The van der Waals surface area contributed by atoms with Gasteiger partial charge < -0.3 is 14.8 Å². The van der Waals surface area contributed by atoms with Gasteiger partial charge in [-0.2, -0.15) is 10.2 Å². The van der Waals surface area contributed by atoms with Crippen molar-refractivity contribution in [2.24, 2.45) is 0 Å². The first-order valence-electron chi connectivity index (χ1n) is 10.5. The van der Waals surface area contributed by atoms with Gasteiger partial charge in [0.15, 0.2) is 5.52 Å².